The number of ether oxygens (including phenoxy) is 1. The van der Waals surface area contributed by atoms with Crippen molar-refractivity contribution in [1.82, 2.24) is 14.4 Å². The average molecular weight is 345 g/mol. The number of aryl methyl sites for hydroxylation is 1. The van der Waals surface area contributed by atoms with Gasteiger partial charge in [0.25, 0.3) is 0 Å². The minimum Gasteiger partial charge on any atom is -0.390 e. The number of nitrogens with zero attached hydrogens (tertiary/aromatic N) is 3. The van der Waals surface area contributed by atoms with Gasteiger partial charge in [0.1, 0.15) is 0 Å². The predicted molar refractivity (Wildman–Crippen MR) is 97.5 cm³/mol. The quantitative estimate of drug-likeness (QED) is 0.819. The summed E-state index contributed by atoms with van der Waals surface area (Å²) in [6, 6.07) is 10.2. The van der Waals surface area contributed by atoms with E-state index >= 15 is 0 Å². The van der Waals surface area contributed by atoms with Gasteiger partial charge in [-0.05, 0) is 17.5 Å². The first-order chi connectivity index (χ1) is 12.1. The zero-order valence-electron chi connectivity index (χ0n) is 14.8. The van der Waals surface area contributed by atoms with Crippen molar-refractivity contribution in [3.63, 3.8) is 0 Å². The number of para-hydroxylation sites is 1. The molecule has 0 radical (unpaired) electrons. The standard InChI is InChI=1S/C19H27N3O3/c1-20(14-17(23)15-21-10-12-25-13-11-21)19(24)7-9-22-8-6-16-4-2-3-5-18(16)22/h2-6,8,17,23H,7,9-15H2,1H3. The number of amides is 1. The van der Waals surface area contributed by atoms with Crippen LogP contribution in [0.5, 0.6) is 0 Å². The lowest BCUT2D eigenvalue weighted by Gasteiger charge is -2.30. The summed E-state index contributed by atoms with van der Waals surface area (Å²) in [7, 11) is 1.76. The molecule has 2 heterocycles. The molecule has 1 aromatic carbocycles. The molecule has 1 amide bonds. The van der Waals surface area contributed by atoms with Crippen LogP contribution in [-0.4, -0.2) is 77.9 Å². The second-order valence-electron chi connectivity index (χ2n) is 6.66. The Morgan fingerprint density at radius 2 is 2.04 bits per heavy atom. The van der Waals surface area contributed by atoms with Crippen LogP contribution in [0.25, 0.3) is 10.9 Å². The van der Waals surface area contributed by atoms with Crippen molar-refractivity contribution in [2.24, 2.45) is 0 Å². The zero-order chi connectivity index (χ0) is 17.6. The number of β-amino-alcohol motifs (C(OH)–C–C–N with tert-alkyl or cyclic N) is 1. The molecule has 1 aliphatic rings. The molecule has 1 atom stereocenters. The van der Waals surface area contributed by atoms with Crippen LogP contribution in [0.1, 0.15) is 6.42 Å². The van der Waals surface area contributed by atoms with E-state index in [1.54, 1.807) is 11.9 Å². The lowest BCUT2D eigenvalue weighted by atomic mass is 10.2. The molecule has 1 aliphatic heterocycles. The summed E-state index contributed by atoms with van der Waals surface area (Å²) < 4.78 is 7.41. The first-order valence-electron chi connectivity index (χ1n) is 8.89. The molecule has 1 N–H and O–H groups in total. The number of fused-ring (bicyclic) bond motifs is 1. The summed E-state index contributed by atoms with van der Waals surface area (Å²) in [5.41, 5.74) is 1.14. The smallest absolute Gasteiger partial charge is 0.224 e. The molecular formula is C19H27N3O3. The number of likely N-dealkylation sites (N-methyl/N-ethyl adjacent to an activating group) is 1. The van der Waals surface area contributed by atoms with Crippen LogP contribution in [0.15, 0.2) is 36.5 Å². The van der Waals surface area contributed by atoms with Crippen molar-refractivity contribution in [2.45, 2.75) is 19.1 Å². The van der Waals surface area contributed by atoms with Crippen LogP contribution in [0.4, 0.5) is 0 Å². The molecule has 0 spiro atoms. The number of hydrogen-bond acceptors (Lipinski definition) is 4. The van der Waals surface area contributed by atoms with Gasteiger partial charge in [-0.25, -0.2) is 0 Å². The highest BCUT2D eigenvalue weighted by atomic mass is 16.5. The third-order valence-corrected chi connectivity index (χ3v) is 4.73. The fourth-order valence-corrected chi connectivity index (χ4v) is 3.30. The van der Waals surface area contributed by atoms with Crippen molar-refractivity contribution in [3.05, 3.63) is 36.5 Å². The lowest BCUT2D eigenvalue weighted by Crippen LogP contribution is -2.45. The summed E-state index contributed by atoms with van der Waals surface area (Å²) in [6.45, 7) is 4.71. The Kier molecular flexibility index (Phi) is 6.07. The molecule has 6 nitrogen and oxygen atoms in total. The fraction of sp³-hybridized carbons (Fsp3) is 0.526. The van der Waals surface area contributed by atoms with Crippen molar-refractivity contribution in [2.75, 3.05) is 46.4 Å². The van der Waals surface area contributed by atoms with Gasteiger partial charge in [-0.1, -0.05) is 18.2 Å². The average Bonchev–Trinajstić information content (AvgIpc) is 3.03. The molecule has 6 heteroatoms. The number of morpholine rings is 1. The van der Waals surface area contributed by atoms with Crippen LogP contribution in [0.2, 0.25) is 0 Å². The number of aromatic nitrogens is 1. The molecule has 0 saturated carbocycles. The van der Waals surface area contributed by atoms with E-state index in [9.17, 15) is 9.90 Å². The Labute approximate surface area is 148 Å². The highest BCUT2D eigenvalue weighted by molar-refractivity contribution is 5.80. The number of benzene rings is 1. The van der Waals surface area contributed by atoms with Gasteiger partial charge in [0.15, 0.2) is 0 Å². The van der Waals surface area contributed by atoms with Crippen molar-refractivity contribution in [3.8, 4) is 0 Å². The van der Waals surface area contributed by atoms with Crippen LogP contribution in [0, 0.1) is 0 Å². The molecular weight excluding hydrogens is 318 g/mol. The van der Waals surface area contributed by atoms with E-state index in [1.165, 1.54) is 5.39 Å². The van der Waals surface area contributed by atoms with E-state index < -0.39 is 6.10 Å². The highest BCUT2D eigenvalue weighted by Crippen LogP contribution is 2.15. The normalized spacial score (nSPS) is 16.9. The first-order valence-corrected chi connectivity index (χ1v) is 8.89. The predicted octanol–water partition coefficient (Wildman–Crippen LogP) is 1.18. The molecule has 1 fully saturated rings. The largest absolute Gasteiger partial charge is 0.390 e. The topological polar surface area (TPSA) is 57.9 Å². The number of carbonyl (C=O) groups excluding carboxylic acids is 1. The Hall–Kier alpha value is -1.89. The molecule has 136 valence electrons. The van der Waals surface area contributed by atoms with Gasteiger partial charge >= 0.3 is 0 Å². The van der Waals surface area contributed by atoms with Gasteiger partial charge in [0, 0.05) is 57.9 Å². The van der Waals surface area contributed by atoms with E-state index in [1.807, 2.05) is 18.3 Å². The summed E-state index contributed by atoms with van der Waals surface area (Å²) in [4.78, 5) is 16.2. The molecule has 3 rings (SSSR count). The molecule has 1 unspecified atom stereocenters. The molecule has 25 heavy (non-hydrogen) atoms. The van der Waals surface area contributed by atoms with Gasteiger partial charge in [0.2, 0.25) is 5.91 Å². The van der Waals surface area contributed by atoms with Gasteiger partial charge in [-0.2, -0.15) is 0 Å². The zero-order valence-corrected chi connectivity index (χ0v) is 14.8. The SMILES string of the molecule is CN(CC(O)CN1CCOCC1)C(=O)CCn1ccc2ccccc21. The maximum absolute atomic E-state index is 12.4. The van der Waals surface area contributed by atoms with E-state index in [2.05, 4.69) is 27.7 Å². The monoisotopic (exact) mass is 345 g/mol. The lowest BCUT2D eigenvalue weighted by molar-refractivity contribution is -0.131. The van der Waals surface area contributed by atoms with Gasteiger partial charge < -0.3 is 19.3 Å². The second kappa shape index (κ2) is 8.47. The number of rotatable bonds is 7. The number of aliphatic hydroxyl groups excluding tert-OH is 1. The number of hydrogen-bond donors (Lipinski definition) is 1. The Morgan fingerprint density at radius 1 is 1.28 bits per heavy atom. The van der Waals surface area contributed by atoms with E-state index in [0.29, 0.717) is 39.3 Å². The van der Waals surface area contributed by atoms with E-state index in [0.717, 1.165) is 18.6 Å². The summed E-state index contributed by atoms with van der Waals surface area (Å²) in [6.07, 6.45) is 1.92. The maximum atomic E-state index is 12.4. The molecule has 1 aromatic heterocycles. The van der Waals surface area contributed by atoms with E-state index in [4.69, 9.17) is 4.74 Å². The highest BCUT2D eigenvalue weighted by Gasteiger charge is 2.18. The molecule has 0 aliphatic carbocycles. The third-order valence-electron chi connectivity index (χ3n) is 4.73. The fourth-order valence-electron chi connectivity index (χ4n) is 3.30. The Bertz CT molecular complexity index is 694. The minimum atomic E-state index is -0.528. The number of aliphatic hydroxyl groups is 1. The van der Waals surface area contributed by atoms with Crippen molar-refractivity contribution >= 4 is 16.8 Å². The van der Waals surface area contributed by atoms with Gasteiger partial charge in [-0.15, -0.1) is 0 Å². The van der Waals surface area contributed by atoms with E-state index in [-0.39, 0.29) is 5.91 Å². The molecule has 1 saturated heterocycles. The van der Waals surface area contributed by atoms with Crippen LogP contribution in [-0.2, 0) is 16.1 Å². The Balaban J connectivity index is 1.45. The second-order valence-corrected chi connectivity index (χ2v) is 6.66. The van der Waals surface area contributed by atoms with Gasteiger partial charge in [-0.3, -0.25) is 9.69 Å². The minimum absolute atomic E-state index is 0.0545. The van der Waals surface area contributed by atoms with Crippen LogP contribution < -0.4 is 0 Å². The summed E-state index contributed by atoms with van der Waals surface area (Å²) in [5.74, 6) is 0.0545. The number of carbonyl (C=O) groups is 1. The Morgan fingerprint density at radius 3 is 2.84 bits per heavy atom. The van der Waals surface area contributed by atoms with Crippen LogP contribution in [0.3, 0.4) is 0 Å². The first kappa shape index (κ1) is 17.9. The van der Waals surface area contributed by atoms with Crippen molar-refractivity contribution in [1.29, 1.82) is 0 Å². The summed E-state index contributed by atoms with van der Waals surface area (Å²) in [5, 5.41) is 11.4. The van der Waals surface area contributed by atoms with Crippen molar-refractivity contribution < 1.29 is 14.6 Å². The third kappa shape index (κ3) is 4.81. The molecule has 0 bridgehead atoms. The van der Waals surface area contributed by atoms with Crippen LogP contribution >= 0.6 is 0 Å². The van der Waals surface area contributed by atoms with Gasteiger partial charge in [0.05, 0.1) is 19.3 Å². The maximum Gasteiger partial charge on any atom is 0.224 e. The molecule has 2 aromatic rings. The summed E-state index contributed by atoms with van der Waals surface area (Å²) >= 11 is 0.